The Bertz CT molecular complexity index is 461. The van der Waals surface area contributed by atoms with Crippen LogP contribution >= 0.6 is 0 Å². The third kappa shape index (κ3) is 2.65. The van der Waals surface area contributed by atoms with E-state index in [9.17, 15) is 8.42 Å². The molecule has 17 heavy (non-hydrogen) atoms. The van der Waals surface area contributed by atoms with Crippen molar-refractivity contribution in [1.29, 1.82) is 0 Å². The Balaban J connectivity index is 2.31. The van der Waals surface area contributed by atoms with Crippen molar-refractivity contribution < 1.29 is 8.42 Å². The molecule has 1 aromatic heterocycles. The monoisotopic (exact) mass is 255 g/mol. The van der Waals surface area contributed by atoms with E-state index in [4.69, 9.17) is 0 Å². The van der Waals surface area contributed by atoms with Gasteiger partial charge in [-0.15, -0.1) is 0 Å². The van der Waals surface area contributed by atoms with Crippen LogP contribution in [-0.4, -0.2) is 43.1 Å². The summed E-state index contributed by atoms with van der Waals surface area (Å²) in [5, 5.41) is 3.23. The topological polar surface area (TPSA) is 62.3 Å². The molecule has 1 atom stereocenters. The molecule has 1 unspecified atom stereocenters. The number of pyridine rings is 1. The van der Waals surface area contributed by atoms with Gasteiger partial charge in [0.1, 0.15) is 0 Å². The summed E-state index contributed by atoms with van der Waals surface area (Å²) in [6, 6.07) is 3.62. The SMILES string of the molecule is CCS(=O)(=O)N1CCNCC1c1cccnc1. The number of nitrogens with one attached hydrogen (secondary N) is 1. The van der Waals surface area contributed by atoms with Crippen molar-refractivity contribution in [2.75, 3.05) is 25.4 Å². The number of aromatic nitrogens is 1. The fraction of sp³-hybridized carbons (Fsp3) is 0.545. The molecule has 2 heterocycles. The molecule has 0 spiro atoms. The Morgan fingerprint density at radius 1 is 1.59 bits per heavy atom. The van der Waals surface area contributed by atoms with Crippen molar-refractivity contribution in [1.82, 2.24) is 14.6 Å². The standard InChI is InChI=1S/C11H17N3O2S/c1-2-17(15,16)14-7-6-13-9-11(14)10-4-3-5-12-8-10/h3-5,8,11,13H,2,6-7,9H2,1H3. The highest BCUT2D eigenvalue weighted by Gasteiger charge is 2.31. The zero-order valence-electron chi connectivity index (χ0n) is 9.83. The summed E-state index contributed by atoms with van der Waals surface area (Å²) in [5.74, 6) is 0.143. The second-order valence-corrected chi connectivity index (χ2v) is 6.23. The van der Waals surface area contributed by atoms with Gasteiger partial charge in [-0.2, -0.15) is 4.31 Å². The first-order valence-corrected chi connectivity index (χ1v) is 7.36. The minimum Gasteiger partial charge on any atom is -0.313 e. The van der Waals surface area contributed by atoms with Crippen molar-refractivity contribution in [2.45, 2.75) is 13.0 Å². The highest BCUT2D eigenvalue weighted by molar-refractivity contribution is 7.89. The van der Waals surface area contributed by atoms with E-state index < -0.39 is 10.0 Å². The van der Waals surface area contributed by atoms with Gasteiger partial charge in [0.15, 0.2) is 0 Å². The summed E-state index contributed by atoms with van der Waals surface area (Å²) in [6.45, 7) is 3.55. The third-order valence-corrected chi connectivity index (χ3v) is 4.87. The highest BCUT2D eigenvalue weighted by Crippen LogP contribution is 2.24. The summed E-state index contributed by atoms with van der Waals surface area (Å²) in [7, 11) is -3.15. The second-order valence-electron chi connectivity index (χ2n) is 4.02. The molecular weight excluding hydrogens is 238 g/mol. The first-order valence-electron chi connectivity index (χ1n) is 5.75. The summed E-state index contributed by atoms with van der Waals surface area (Å²) < 4.78 is 25.6. The molecule has 1 aliphatic rings. The number of hydrogen-bond acceptors (Lipinski definition) is 4. The van der Waals surface area contributed by atoms with Crippen LogP contribution in [0.4, 0.5) is 0 Å². The van der Waals surface area contributed by atoms with Gasteiger partial charge in [0.2, 0.25) is 10.0 Å². The van der Waals surface area contributed by atoms with E-state index in [1.807, 2.05) is 12.1 Å². The lowest BCUT2D eigenvalue weighted by molar-refractivity contribution is 0.271. The molecule has 1 aliphatic heterocycles. The van der Waals surface area contributed by atoms with E-state index in [1.165, 1.54) is 0 Å². The van der Waals surface area contributed by atoms with Crippen LogP contribution in [0, 0.1) is 0 Å². The van der Waals surface area contributed by atoms with E-state index in [-0.39, 0.29) is 11.8 Å². The molecule has 0 saturated carbocycles. The van der Waals surface area contributed by atoms with Crippen molar-refractivity contribution in [3.63, 3.8) is 0 Å². The molecule has 0 amide bonds. The summed E-state index contributed by atoms with van der Waals surface area (Å²) in [4.78, 5) is 4.05. The number of rotatable bonds is 3. The van der Waals surface area contributed by atoms with Crippen molar-refractivity contribution in [3.05, 3.63) is 30.1 Å². The molecule has 2 rings (SSSR count). The fourth-order valence-electron chi connectivity index (χ4n) is 2.04. The van der Waals surface area contributed by atoms with Gasteiger partial charge in [-0.3, -0.25) is 4.98 Å². The number of nitrogens with zero attached hydrogens (tertiary/aromatic N) is 2. The molecule has 94 valence electrons. The zero-order valence-corrected chi connectivity index (χ0v) is 10.7. The number of hydrogen-bond donors (Lipinski definition) is 1. The second kappa shape index (κ2) is 5.12. The molecule has 1 N–H and O–H groups in total. The molecule has 0 radical (unpaired) electrons. The largest absolute Gasteiger partial charge is 0.313 e. The summed E-state index contributed by atoms with van der Waals surface area (Å²) in [5.41, 5.74) is 0.941. The van der Waals surface area contributed by atoms with Crippen LogP contribution in [0.15, 0.2) is 24.5 Å². The predicted octanol–water partition coefficient (Wildman–Crippen LogP) is 0.378. The average Bonchev–Trinajstić information content (AvgIpc) is 2.40. The molecule has 0 aliphatic carbocycles. The number of piperazine rings is 1. The molecule has 1 fully saturated rings. The predicted molar refractivity (Wildman–Crippen MR) is 66.0 cm³/mol. The van der Waals surface area contributed by atoms with E-state index in [2.05, 4.69) is 10.3 Å². The van der Waals surface area contributed by atoms with Crippen LogP contribution in [0.3, 0.4) is 0 Å². The van der Waals surface area contributed by atoms with Crippen LogP contribution in [-0.2, 0) is 10.0 Å². The molecule has 1 aromatic rings. The van der Waals surface area contributed by atoms with Gasteiger partial charge in [-0.05, 0) is 18.6 Å². The molecule has 1 saturated heterocycles. The maximum Gasteiger partial charge on any atom is 0.214 e. The van der Waals surface area contributed by atoms with Gasteiger partial charge in [0.05, 0.1) is 11.8 Å². The third-order valence-electron chi connectivity index (χ3n) is 2.99. The van der Waals surface area contributed by atoms with Gasteiger partial charge in [0.25, 0.3) is 0 Å². The first kappa shape index (κ1) is 12.5. The van der Waals surface area contributed by atoms with Gasteiger partial charge < -0.3 is 5.32 Å². The summed E-state index contributed by atoms with van der Waals surface area (Å²) >= 11 is 0. The normalized spacial score (nSPS) is 22.5. The fourth-order valence-corrected chi connectivity index (χ4v) is 3.33. The molecule has 5 nitrogen and oxygen atoms in total. The molecule has 0 aromatic carbocycles. The Labute approximate surface area is 102 Å². The van der Waals surface area contributed by atoms with Crippen LogP contribution < -0.4 is 5.32 Å². The van der Waals surface area contributed by atoms with Gasteiger partial charge >= 0.3 is 0 Å². The minimum atomic E-state index is -3.15. The molecule has 0 bridgehead atoms. The Hall–Kier alpha value is -0.980. The van der Waals surface area contributed by atoms with Gasteiger partial charge in [0, 0.05) is 32.0 Å². The maximum atomic E-state index is 12.0. The lowest BCUT2D eigenvalue weighted by Gasteiger charge is -2.35. The lowest BCUT2D eigenvalue weighted by Crippen LogP contribution is -2.49. The Morgan fingerprint density at radius 2 is 2.41 bits per heavy atom. The van der Waals surface area contributed by atoms with Crippen LogP contribution in [0.5, 0.6) is 0 Å². The summed E-state index contributed by atoms with van der Waals surface area (Å²) in [6.07, 6.45) is 3.42. The van der Waals surface area contributed by atoms with E-state index in [0.717, 1.165) is 5.56 Å². The van der Waals surface area contributed by atoms with Gasteiger partial charge in [-0.25, -0.2) is 8.42 Å². The highest BCUT2D eigenvalue weighted by atomic mass is 32.2. The number of sulfonamides is 1. The Morgan fingerprint density at radius 3 is 3.06 bits per heavy atom. The van der Waals surface area contributed by atoms with Crippen LogP contribution in [0.1, 0.15) is 18.5 Å². The van der Waals surface area contributed by atoms with Crippen LogP contribution in [0.2, 0.25) is 0 Å². The van der Waals surface area contributed by atoms with Crippen molar-refractivity contribution >= 4 is 10.0 Å². The van der Waals surface area contributed by atoms with Crippen molar-refractivity contribution in [3.8, 4) is 0 Å². The molecular formula is C11H17N3O2S. The average molecular weight is 255 g/mol. The van der Waals surface area contributed by atoms with E-state index in [1.54, 1.807) is 23.6 Å². The van der Waals surface area contributed by atoms with E-state index in [0.29, 0.717) is 19.6 Å². The van der Waals surface area contributed by atoms with Crippen LogP contribution in [0.25, 0.3) is 0 Å². The quantitative estimate of drug-likeness (QED) is 0.848. The van der Waals surface area contributed by atoms with Crippen molar-refractivity contribution in [2.24, 2.45) is 0 Å². The first-order chi connectivity index (χ1) is 8.15. The van der Waals surface area contributed by atoms with Gasteiger partial charge in [-0.1, -0.05) is 6.07 Å². The minimum absolute atomic E-state index is 0.137. The smallest absolute Gasteiger partial charge is 0.214 e. The maximum absolute atomic E-state index is 12.0. The molecule has 6 heteroatoms. The Kier molecular flexibility index (Phi) is 3.76. The zero-order chi connectivity index (χ0) is 12.3. The lowest BCUT2D eigenvalue weighted by atomic mass is 10.1. The van der Waals surface area contributed by atoms with E-state index >= 15 is 0 Å².